The zero-order valence-corrected chi connectivity index (χ0v) is 12.0. The van der Waals surface area contributed by atoms with Crippen LogP contribution in [0.4, 0.5) is 0 Å². The average Bonchev–Trinajstić information content (AvgIpc) is 2.96. The molecule has 3 rings (SSSR count). The summed E-state index contributed by atoms with van der Waals surface area (Å²) in [5.41, 5.74) is 4.33. The molecule has 2 aliphatic rings. The van der Waals surface area contributed by atoms with Crippen LogP contribution in [0.2, 0.25) is 0 Å². The number of ether oxygens (including phenoxy) is 1. The molecule has 0 aromatic heterocycles. The molecule has 4 nitrogen and oxygen atoms in total. The Balaban J connectivity index is 1.54. The van der Waals surface area contributed by atoms with Crippen LogP contribution in [0.3, 0.4) is 0 Å². The van der Waals surface area contributed by atoms with Crippen LogP contribution >= 0.6 is 0 Å². The largest absolute Gasteiger partial charge is 0.374 e. The van der Waals surface area contributed by atoms with Crippen molar-refractivity contribution < 1.29 is 4.74 Å². The van der Waals surface area contributed by atoms with Crippen molar-refractivity contribution in [3.05, 3.63) is 35.9 Å². The fourth-order valence-electron chi connectivity index (χ4n) is 3.43. The van der Waals surface area contributed by atoms with Gasteiger partial charge in [-0.1, -0.05) is 30.3 Å². The molecule has 1 aromatic rings. The van der Waals surface area contributed by atoms with E-state index in [-0.39, 0.29) is 12.1 Å². The highest BCUT2D eigenvalue weighted by Gasteiger charge is 2.35. The molecule has 110 valence electrons. The van der Waals surface area contributed by atoms with Gasteiger partial charge in [0, 0.05) is 18.6 Å². The molecule has 2 saturated heterocycles. The molecule has 2 aliphatic heterocycles. The zero-order valence-electron chi connectivity index (χ0n) is 12.0. The van der Waals surface area contributed by atoms with Crippen molar-refractivity contribution in [1.82, 2.24) is 10.3 Å². The molecule has 2 fully saturated rings. The maximum atomic E-state index is 6.05. The average molecular weight is 275 g/mol. The zero-order chi connectivity index (χ0) is 13.8. The smallest absolute Gasteiger partial charge is 0.0869 e. The highest BCUT2D eigenvalue weighted by atomic mass is 16.5. The maximum absolute atomic E-state index is 6.05. The van der Waals surface area contributed by atoms with E-state index in [0.29, 0.717) is 6.04 Å². The van der Waals surface area contributed by atoms with Gasteiger partial charge in [0.25, 0.3) is 0 Å². The highest BCUT2D eigenvalue weighted by molar-refractivity contribution is 5.14. The van der Waals surface area contributed by atoms with Crippen LogP contribution < -0.4 is 11.3 Å². The molecular formula is C16H25N3O. The third kappa shape index (κ3) is 3.20. The summed E-state index contributed by atoms with van der Waals surface area (Å²) in [4.78, 5) is 2.57. The Hall–Kier alpha value is -0.940. The van der Waals surface area contributed by atoms with Gasteiger partial charge in [-0.05, 0) is 37.8 Å². The molecule has 3 atom stereocenters. The Morgan fingerprint density at radius 2 is 2.20 bits per heavy atom. The van der Waals surface area contributed by atoms with Crippen molar-refractivity contribution in [2.45, 2.75) is 43.9 Å². The molecule has 2 heterocycles. The van der Waals surface area contributed by atoms with Crippen molar-refractivity contribution in [2.75, 3.05) is 19.7 Å². The van der Waals surface area contributed by atoms with Crippen LogP contribution in [0.15, 0.2) is 30.3 Å². The Kier molecular flexibility index (Phi) is 4.68. The number of rotatable bonds is 5. The van der Waals surface area contributed by atoms with Gasteiger partial charge < -0.3 is 4.74 Å². The van der Waals surface area contributed by atoms with E-state index in [9.17, 15) is 0 Å². The number of fused-ring (bicyclic) bond motifs is 1. The molecular weight excluding hydrogens is 250 g/mol. The summed E-state index contributed by atoms with van der Waals surface area (Å²) in [5.74, 6) is 5.76. The Labute approximate surface area is 121 Å². The van der Waals surface area contributed by atoms with Gasteiger partial charge in [0.2, 0.25) is 0 Å². The minimum atomic E-state index is 0.220. The fourth-order valence-corrected chi connectivity index (χ4v) is 3.43. The number of hydrogen-bond donors (Lipinski definition) is 2. The van der Waals surface area contributed by atoms with Crippen LogP contribution in [0, 0.1) is 0 Å². The first-order chi connectivity index (χ1) is 9.86. The number of hydrazine groups is 1. The summed E-state index contributed by atoms with van der Waals surface area (Å²) in [6.07, 6.45) is 4.88. The Morgan fingerprint density at radius 3 is 3.00 bits per heavy atom. The minimum absolute atomic E-state index is 0.220. The molecule has 1 aromatic carbocycles. The van der Waals surface area contributed by atoms with Crippen molar-refractivity contribution in [1.29, 1.82) is 0 Å². The van der Waals surface area contributed by atoms with Gasteiger partial charge in [-0.2, -0.15) is 0 Å². The van der Waals surface area contributed by atoms with Crippen LogP contribution in [-0.2, 0) is 11.2 Å². The summed E-state index contributed by atoms with van der Waals surface area (Å²) in [6.45, 7) is 3.11. The van der Waals surface area contributed by atoms with Crippen molar-refractivity contribution in [2.24, 2.45) is 5.84 Å². The van der Waals surface area contributed by atoms with E-state index in [1.54, 1.807) is 0 Å². The predicted molar refractivity (Wildman–Crippen MR) is 80.2 cm³/mol. The van der Waals surface area contributed by atoms with Crippen LogP contribution in [0.5, 0.6) is 0 Å². The van der Waals surface area contributed by atoms with E-state index in [1.165, 1.54) is 24.9 Å². The van der Waals surface area contributed by atoms with Gasteiger partial charge in [-0.15, -0.1) is 0 Å². The second-order valence-electron chi connectivity index (χ2n) is 5.96. The Morgan fingerprint density at radius 1 is 1.35 bits per heavy atom. The second kappa shape index (κ2) is 6.68. The van der Waals surface area contributed by atoms with Gasteiger partial charge in [-0.25, -0.2) is 0 Å². The van der Waals surface area contributed by atoms with E-state index < -0.39 is 0 Å². The fraction of sp³-hybridized carbons (Fsp3) is 0.625. The van der Waals surface area contributed by atoms with E-state index in [2.05, 4.69) is 40.7 Å². The van der Waals surface area contributed by atoms with Gasteiger partial charge in [0.05, 0.1) is 12.7 Å². The number of hydrogen-bond acceptors (Lipinski definition) is 4. The third-order valence-electron chi connectivity index (χ3n) is 4.67. The molecule has 0 aliphatic carbocycles. The molecule has 20 heavy (non-hydrogen) atoms. The number of nitrogens with one attached hydrogen (secondary N) is 1. The molecule has 4 heteroatoms. The predicted octanol–water partition coefficient (Wildman–Crippen LogP) is 1.31. The van der Waals surface area contributed by atoms with E-state index >= 15 is 0 Å². The van der Waals surface area contributed by atoms with Crippen LogP contribution in [0.25, 0.3) is 0 Å². The maximum Gasteiger partial charge on any atom is 0.0869 e. The topological polar surface area (TPSA) is 50.5 Å². The first kappa shape index (κ1) is 14.0. The lowest BCUT2D eigenvalue weighted by Crippen LogP contribution is -2.55. The molecule has 0 amide bonds. The van der Waals surface area contributed by atoms with Gasteiger partial charge in [0.1, 0.15) is 0 Å². The van der Waals surface area contributed by atoms with E-state index in [1.807, 2.05) is 0 Å². The number of aryl methyl sites for hydroxylation is 1. The molecule has 3 unspecified atom stereocenters. The molecule has 0 radical (unpaired) electrons. The Bertz CT molecular complexity index is 411. The molecule has 0 saturated carbocycles. The normalized spacial score (nSPS) is 28.2. The lowest BCUT2D eigenvalue weighted by molar-refractivity contribution is -0.0656. The number of morpholine rings is 1. The summed E-state index contributed by atoms with van der Waals surface area (Å²) in [7, 11) is 0. The first-order valence-corrected chi connectivity index (χ1v) is 7.72. The molecule has 0 bridgehead atoms. The quantitative estimate of drug-likeness (QED) is 0.628. The summed E-state index contributed by atoms with van der Waals surface area (Å²) >= 11 is 0. The van der Waals surface area contributed by atoms with Crippen LogP contribution in [-0.4, -0.2) is 42.8 Å². The SMILES string of the molecule is NNC(CCc1ccccc1)C1CN2CCCC2CO1. The lowest BCUT2D eigenvalue weighted by atomic mass is 10.00. The third-order valence-corrected chi connectivity index (χ3v) is 4.67. The van der Waals surface area contributed by atoms with Gasteiger partial charge in [0.15, 0.2) is 0 Å². The van der Waals surface area contributed by atoms with Crippen molar-refractivity contribution in [3.8, 4) is 0 Å². The highest BCUT2D eigenvalue weighted by Crippen LogP contribution is 2.24. The van der Waals surface area contributed by atoms with Gasteiger partial charge in [-0.3, -0.25) is 16.2 Å². The monoisotopic (exact) mass is 275 g/mol. The number of nitrogens with two attached hydrogens (primary N) is 1. The van der Waals surface area contributed by atoms with Gasteiger partial charge >= 0.3 is 0 Å². The van der Waals surface area contributed by atoms with E-state index in [4.69, 9.17) is 10.6 Å². The number of benzene rings is 1. The summed E-state index contributed by atoms with van der Waals surface area (Å²) in [6, 6.07) is 11.5. The van der Waals surface area contributed by atoms with Crippen molar-refractivity contribution >= 4 is 0 Å². The molecule has 3 N–H and O–H groups in total. The second-order valence-corrected chi connectivity index (χ2v) is 5.96. The minimum Gasteiger partial charge on any atom is -0.374 e. The van der Waals surface area contributed by atoms with Crippen molar-refractivity contribution in [3.63, 3.8) is 0 Å². The standard InChI is InChI=1S/C16H25N3O/c17-18-15(9-8-13-5-2-1-3-6-13)16-11-19-10-4-7-14(19)12-20-16/h1-3,5-6,14-16,18H,4,7-12,17H2. The van der Waals surface area contributed by atoms with Crippen LogP contribution in [0.1, 0.15) is 24.8 Å². The number of nitrogens with zero attached hydrogens (tertiary/aromatic N) is 1. The molecule has 0 spiro atoms. The first-order valence-electron chi connectivity index (χ1n) is 7.72. The lowest BCUT2D eigenvalue weighted by Gasteiger charge is -2.38. The summed E-state index contributed by atoms with van der Waals surface area (Å²) in [5, 5.41) is 0. The summed E-state index contributed by atoms with van der Waals surface area (Å²) < 4.78 is 6.05. The van der Waals surface area contributed by atoms with E-state index in [0.717, 1.165) is 26.0 Å².